The first kappa shape index (κ1) is 25.0. The summed E-state index contributed by atoms with van der Waals surface area (Å²) in [6.07, 6.45) is 21.5. The molecule has 164 valence electrons. The molecule has 0 spiro atoms. The highest BCUT2D eigenvalue weighted by atomic mass is 16.5. The quantitative estimate of drug-likeness (QED) is 0.218. The summed E-state index contributed by atoms with van der Waals surface area (Å²) in [5.41, 5.74) is 0. The van der Waals surface area contributed by atoms with Crippen LogP contribution in [0, 0.1) is 5.92 Å². The second kappa shape index (κ2) is 16.9. The molecule has 4 heteroatoms. The Balaban J connectivity index is 1.80. The lowest BCUT2D eigenvalue weighted by Gasteiger charge is -2.25. The molecule has 0 saturated heterocycles. The van der Waals surface area contributed by atoms with Gasteiger partial charge in [0.15, 0.2) is 0 Å². The molecule has 1 saturated carbocycles. The van der Waals surface area contributed by atoms with Crippen molar-refractivity contribution in [2.75, 3.05) is 6.61 Å². The molecule has 28 heavy (non-hydrogen) atoms. The van der Waals surface area contributed by atoms with E-state index in [-0.39, 0.29) is 17.8 Å². The molecule has 0 bridgehead atoms. The van der Waals surface area contributed by atoms with Crippen LogP contribution in [0.5, 0.6) is 0 Å². The molecule has 1 rings (SSSR count). The van der Waals surface area contributed by atoms with E-state index >= 15 is 0 Å². The molecule has 0 radical (unpaired) electrons. The molecule has 1 unspecified atom stereocenters. The van der Waals surface area contributed by atoms with Crippen molar-refractivity contribution in [3.8, 4) is 0 Å². The van der Waals surface area contributed by atoms with Crippen molar-refractivity contribution >= 4 is 11.9 Å². The second-order valence-electron chi connectivity index (χ2n) is 8.62. The summed E-state index contributed by atoms with van der Waals surface area (Å²) >= 11 is 0. The normalized spacial score (nSPS) is 15.1. The van der Waals surface area contributed by atoms with Gasteiger partial charge in [0.25, 0.3) is 0 Å². The van der Waals surface area contributed by atoms with E-state index in [4.69, 9.17) is 4.74 Å². The van der Waals surface area contributed by atoms with Crippen LogP contribution in [-0.2, 0) is 14.3 Å². The first-order valence-corrected chi connectivity index (χ1v) is 12.1. The van der Waals surface area contributed by atoms with Crippen molar-refractivity contribution in [2.45, 2.75) is 129 Å². The zero-order chi connectivity index (χ0) is 20.5. The smallest absolute Gasteiger partial charge is 0.328 e. The van der Waals surface area contributed by atoms with Crippen molar-refractivity contribution in [1.82, 2.24) is 5.32 Å². The third-order valence-electron chi connectivity index (χ3n) is 5.93. The Bertz CT molecular complexity index is 407. The Morgan fingerprint density at radius 1 is 0.821 bits per heavy atom. The summed E-state index contributed by atoms with van der Waals surface area (Å²) < 4.78 is 5.29. The van der Waals surface area contributed by atoms with Crippen molar-refractivity contribution in [3.63, 3.8) is 0 Å². The number of nitrogens with one attached hydrogen (secondary N) is 1. The van der Waals surface area contributed by atoms with E-state index < -0.39 is 6.04 Å². The Labute approximate surface area is 173 Å². The fraction of sp³-hybridized carbons (Fsp3) is 0.917. The molecule has 4 nitrogen and oxygen atoms in total. The first-order chi connectivity index (χ1) is 13.6. The van der Waals surface area contributed by atoms with E-state index in [9.17, 15) is 9.59 Å². The summed E-state index contributed by atoms with van der Waals surface area (Å²) in [5.74, 6) is -0.185. The number of unbranched alkanes of at least 4 members (excludes halogenated alkanes) is 13. The van der Waals surface area contributed by atoms with Crippen LogP contribution in [0.15, 0.2) is 0 Å². The third-order valence-corrected chi connectivity index (χ3v) is 5.93. The fourth-order valence-electron chi connectivity index (χ4n) is 3.65. The van der Waals surface area contributed by atoms with Crippen LogP contribution >= 0.6 is 0 Å². The van der Waals surface area contributed by atoms with Gasteiger partial charge in [-0.2, -0.15) is 0 Å². The minimum atomic E-state index is -0.528. The van der Waals surface area contributed by atoms with Gasteiger partial charge >= 0.3 is 5.97 Å². The highest BCUT2D eigenvalue weighted by Gasteiger charge is 2.27. The van der Waals surface area contributed by atoms with E-state index in [0.29, 0.717) is 6.61 Å². The standard InChI is InChI=1S/C24H45NO3/c1-3-4-5-6-7-8-9-10-11-12-13-14-15-16-20-28-24(27)21(2)25-23(26)22-18-17-19-22/h21-22H,3-20H2,1-2H3,(H,25,26). The van der Waals surface area contributed by atoms with Crippen molar-refractivity contribution in [3.05, 3.63) is 0 Å². The van der Waals surface area contributed by atoms with Crippen molar-refractivity contribution < 1.29 is 14.3 Å². The predicted molar refractivity (Wildman–Crippen MR) is 116 cm³/mol. The number of carbonyl (C=O) groups excluding carboxylic acids is 2. The van der Waals surface area contributed by atoms with Crippen molar-refractivity contribution in [1.29, 1.82) is 0 Å². The van der Waals surface area contributed by atoms with Gasteiger partial charge in [-0.15, -0.1) is 0 Å². The molecule has 0 heterocycles. The Hall–Kier alpha value is -1.06. The Kier molecular flexibility index (Phi) is 15.0. The van der Waals surface area contributed by atoms with Gasteiger partial charge < -0.3 is 10.1 Å². The lowest BCUT2D eigenvalue weighted by Crippen LogP contribution is -2.44. The van der Waals surface area contributed by atoms with Crippen LogP contribution < -0.4 is 5.32 Å². The van der Waals surface area contributed by atoms with Crippen LogP contribution in [-0.4, -0.2) is 24.5 Å². The summed E-state index contributed by atoms with van der Waals surface area (Å²) in [6.45, 7) is 4.45. The maximum atomic E-state index is 11.9. The summed E-state index contributed by atoms with van der Waals surface area (Å²) in [7, 11) is 0. The SMILES string of the molecule is CCCCCCCCCCCCCCCCOC(=O)C(C)NC(=O)C1CCC1. The van der Waals surface area contributed by atoms with Crippen LogP contribution in [0.4, 0.5) is 0 Å². The number of rotatable bonds is 18. The minimum Gasteiger partial charge on any atom is -0.464 e. The molecule has 1 N–H and O–H groups in total. The Morgan fingerprint density at radius 3 is 1.71 bits per heavy atom. The van der Waals surface area contributed by atoms with Gasteiger partial charge in [-0.25, -0.2) is 4.79 Å². The molecule has 0 aromatic carbocycles. The van der Waals surface area contributed by atoms with Crippen LogP contribution in [0.25, 0.3) is 0 Å². The molecule has 1 aliphatic carbocycles. The largest absolute Gasteiger partial charge is 0.464 e. The monoisotopic (exact) mass is 395 g/mol. The van der Waals surface area contributed by atoms with Gasteiger partial charge in [-0.3, -0.25) is 4.79 Å². The lowest BCUT2D eigenvalue weighted by atomic mass is 9.84. The van der Waals surface area contributed by atoms with Crippen molar-refractivity contribution in [2.24, 2.45) is 5.92 Å². The van der Waals surface area contributed by atoms with Gasteiger partial charge in [0.2, 0.25) is 5.91 Å². The highest BCUT2D eigenvalue weighted by molar-refractivity contribution is 5.85. The zero-order valence-electron chi connectivity index (χ0n) is 18.6. The van der Waals surface area contributed by atoms with Gasteiger partial charge in [-0.1, -0.05) is 96.8 Å². The van der Waals surface area contributed by atoms with E-state index in [1.165, 1.54) is 77.0 Å². The zero-order valence-corrected chi connectivity index (χ0v) is 18.6. The number of esters is 1. The molecule has 0 aromatic rings. The molecular formula is C24H45NO3. The topological polar surface area (TPSA) is 55.4 Å². The molecule has 1 amide bonds. The first-order valence-electron chi connectivity index (χ1n) is 12.1. The fourth-order valence-corrected chi connectivity index (χ4v) is 3.65. The number of hydrogen-bond donors (Lipinski definition) is 1. The van der Waals surface area contributed by atoms with E-state index in [1.54, 1.807) is 6.92 Å². The number of amides is 1. The van der Waals surface area contributed by atoms with Crippen LogP contribution in [0.2, 0.25) is 0 Å². The van der Waals surface area contributed by atoms with Crippen LogP contribution in [0.1, 0.15) is 123 Å². The van der Waals surface area contributed by atoms with Gasteiger partial charge in [-0.05, 0) is 26.2 Å². The summed E-state index contributed by atoms with van der Waals surface area (Å²) in [5, 5.41) is 2.77. The second-order valence-corrected chi connectivity index (χ2v) is 8.62. The number of hydrogen-bond acceptors (Lipinski definition) is 3. The molecule has 1 atom stereocenters. The number of ether oxygens (including phenoxy) is 1. The van der Waals surface area contributed by atoms with Gasteiger partial charge in [0, 0.05) is 5.92 Å². The van der Waals surface area contributed by atoms with Crippen LogP contribution in [0.3, 0.4) is 0 Å². The predicted octanol–water partition coefficient (Wildman–Crippen LogP) is 6.32. The number of carbonyl (C=O) groups is 2. The maximum absolute atomic E-state index is 11.9. The lowest BCUT2D eigenvalue weighted by molar-refractivity contribution is -0.148. The molecule has 1 aliphatic rings. The third kappa shape index (κ3) is 12.4. The van der Waals surface area contributed by atoms with Gasteiger partial charge in [0.1, 0.15) is 6.04 Å². The molecular weight excluding hydrogens is 350 g/mol. The molecule has 0 aromatic heterocycles. The average Bonchev–Trinajstić information content (AvgIpc) is 2.63. The molecule has 0 aliphatic heterocycles. The van der Waals surface area contributed by atoms with Gasteiger partial charge in [0.05, 0.1) is 6.61 Å². The Morgan fingerprint density at radius 2 is 1.29 bits per heavy atom. The summed E-state index contributed by atoms with van der Waals surface area (Å²) in [6, 6.07) is -0.528. The maximum Gasteiger partial charge on any atom is 0.328 e. The van der Waals surface area contributed by atoms with E-state index in [2.05, 4.69) is 12.2 Å². The molecule has 1 fully saturated rings. The van der Waals surface area contributed by atoms with E-state index in [1.807, 2.05) is 0 Å². The average molecular weight is 396 g/mol. The van der Waals surface area contributed by atoms with E-state index in [0.717, 1.165) is 32.1 Å². The highest BCUT2D eigenvalue weighted by Crippen LogP contribution is 2.26. The minimum absolute atomic E-state index is 0.00666. The summed E-state index contributed by atoms with van der Waals surface area (Å²) in [4.78, 5) is 23.7.